The first-order chi connectivity index (χ1) is 15.4. The minimum atomic E-state index is -0.392. The van der Waals surface area contributed by atoms with E-state index in [1.54, 1.807) is 16.8 Å². The first-order valence-electron chi connectivity index (χ1n) is 10.6. The van der Waals surface area contributed by atoms with E-state index in [-0.39, 0.29) is 12.0 Å². The molecule has 3 aromatic heterocycles. The smallest absolute Gasteiger partial charge is 0.179 e. The second-order valence-corrected chi connectivity index (χ2v) is 8.75. The maximum Gasteiger partial charge on any atom is 0.179 e. The van der Waals surface area contributed by atoms with E-state index in [0.29, 0.717) is 33.9 Å². The average molecular weight is 452 g/mol. The van der Waals surface area contributed by atoms with Crippen molar-refractivity contribution in [1.82, 2.24) is 24.7 Å². The zero-order chi connectivity index (χ0) is 22.4. The van der Waals surface area contributed by atoms with Crippen molar-refractivity contribution in [1.29, 1.82) is 0 Å². The van der Waals surface area contributed by atoms with Gasteiger partial charge in [0.15, 0.2) is 5.65 Å². The van der Waals surface area contributed by atoms with E-state index in [0.717, 1.165) is 35.5 Å². The van der Waals surface area contributed by atoms with E-state index in [1.165, 1.54) is 6.07 Å². The van der Waals surface area contributed by atoms with Crippen molar-refractivity contribution in [2.24, 2.45) is 7.05 Å². The highest BCUT2D eigenvalue weighted by Crippen LogP contribution is 2.39. The third-order valence-corrected chi connectivity index (χ3v) is 6.33. The summed E-state index contributed by atoms with van der Waals surface area (Å²) in [4.78, 5) is 14.3. The van der Waals surface area contributed by atoms with Gasteiger partial charge in [-0.15, -0.1) is 0 Å². The summed E-state index contributed by atoms with van der Waals surface area (Å²) in [7, 11) is 1.89. The fourth-order valence-electron chi connectivity index (χ4n) is 4.25. The van der Waals surface area contributed by atoms with Crippen LogP contribution in [-0.4, -0.2) is 31.3 Å². The largest absolute Gasteiger partial charge is 0.373 e. The third kappa shape index (κ3) is 3.87. The van der Waals surface area contributed by atoms with Gasteiger partial charge in [-0.05, 0) is 51.0 Å². The number of rotatable bonds is 3. The quantitative estimate of drug-likeness (QED) is 0.413. The normalized spacial score (nSPS) is 18.9. The number of aromatic nitrogens is 5. The Morgan fingerprint density at radius 3 is 2.66 bits per heavy atom. The summed E-state index contributed by atoms with van der Waals surface area (Å²) in [5, 5.41) is 4.62. The van der Waals surface area contributed by atoms with Crippen LogP contribution in [0.5, 0.6) is 0 Å². The molecule has 8 heteroatoms. The number of ether oxygens (including phenoxy) is 1. The summed E-state index contributed by atoms with van der Waals surface area (Å²) in [6.07, 6.45) is 5.36. The lowest BCUT2D eigenvalue weighted by molar-refractivity contribution is 0.00465. The molecule has 0 saturated carbocycles. The highest BCUT2D eigenvalue weighted by molar-refractivity contribution is 6.30. The topological polar surface area (TPSA) is 65.7 Å². The van der Waals surface area contributed by atoms with Crippen molar-refractivity contribution >= 4 is 22.8 Å². The SMILES string of the molecule is Cc1nc2nc([C@H]3CCO[C@@H](c4cnn(C)c4)C3)cc(-c3ccc(Cl)cc3F)c2nc1C. The van der Waals surface area contributed by atoms with Crippen LogP contribution >= 0.6 is 11.6 Å². The van der Waals surface area contributed by atoms with Crippen molar-refractivity contribution in [3.8, 4) is 11.1 Å². The Morgan fingerprint density at radius 2 is 1.91 bits per heavy atom. The number of nitrogens with zero attached hydrogens (tertiary/aromatic N) is 5. The molecule has 1 fully saturated rings. The number of benzene rings is 1. The molecule has 0 amide bonds. The molecule has 164 valence electrons. The molecule has 0 bridgehead atoms. The maximum absolute atomic E-state index is 14.9. The Morgan fingerprint density at radius 1 is 1.09 bits per heavy atom. The van der Waals surface area contributed by atoms with Gasteiger partial charge in [0.25, 0.3) is 0 Å². The van der Waals surface area contributed by atoms with Gasteiger partial charge in [0.2, 0.25) is 0 Å². The van der Waals surface area contributed by atoms with Gasteiger partial charge in [-0.3, -0.25) is 4.68 Å². The van der Waals surface area contributed by atoms with Crippen LogP contribution in [0.4, 0.5) is 4.39 Å². The second-order valence-electron chi connectivity index (χ2n) is 8.31. The van der Waals surface area contributed by atoms with Crippen molar-refractivity contribution < 1.29 is 9.13 Å². The summed E-state index contributed by atoms with van der Waals surface area (Å²) < 4.78 is 22.7. The zero-order valence-corrected chi connectivity index (χ0v) is 18.9. The highest BCUT2D eigenvalue weighted by Gasteiger charge is 2.28. The minimum Gasteiger partial charge on any atom is -0.373 e. The lowest BCUT2D eigenvalue weighted by Crippen LogP contribution is -2.19. The minimum absolute atomic E-state index is 0.0542. The van der Waals surface area contributed by atoms with E-state index in [1.807, 2.05) is 39.4 Å². The van der Waals surface area contributed by atoms with Gasteiger partial charge < -0.3 is 4.74 Å². The van der Waals surface area contributed by atoms with E-state index in [2.05, 4.69) is 10.1 Å². The Hall–Kier alpha value is -2.90. The molecule has 0 spiro atoms. The molecule has 32 heavy (non-hydrogen) atoms. The van der Waals surface area contributed by atoms with Crippen LogP contribution in [-0.2, 0) is 11.8 Å². The zero-order valence-electron chi connectivity index (χ0n) is 18.1. The molecule has 2 atom stereocenters. The molecule has 0 unspecified atom stereocenters. The lowest BCUT2D eigenvalue weighted by atomic mass is 9.88. The Bertz CT molecular complexity index is 1320. The number of hydrogen-bond donors (Lipinski definition) is 0. The van der Waals surface area contributed by atoms with Crippen LogP contribution in [0.2, 0.25) is 5.02 Å². The van der Waals surface area contributed by atoms with Crippen molar-refractivity contribution in [3.63, 3.8) is 0 Å². The first-order valence-corrected chi connectivity index (χ1v) is 11.0. The van der Waals surface area contributed by atoms with Gasteiger partial charge in [0.05, 0.1) is 23.7 Å². The predicted molar refractivity (Wildman–Crippen MR) is 121 cm³/mol. The van der Waals surface area contributed by atoms with E-state index < -0.39 is 5.82 Å². The summed E-state index contributed by atoms with van der Waals surface area (Å²) in [6, 6.07) is 6.65. The highest BCUT2D eigenvalue weighted by atomic mass is 35.5. The molecule has 1 aromatic carbocycles. The molecule has 5 rings (SSSR count). The van der Waals surface area contributed by atoms with E-state index in [9.17, 15) is 4.39 Å². The van der Waals surface area contributed by atoms with Crippen LogP contribution in [0.15, 0.2) is 36.7 Å². The molecular weight excluding hydrogens is 429 g/mol. The monoisotopic (exact) mass is 451 g/mol. The van der Waals surface area contributed by atoms with Gasteiger partial charge in [-0.2, -0.15) is 5.10 Å². The molecule has 0 aliphatic carbocycles. The summed E-state index contributed by atoms with van der Waals surface area (Å²) in [6.45, 7) is 4.42. The van der Waals surface area contributed by atoms with Crippen molar-refractivity contribution in [2.75, 3.05) is 6.61 Å². The molecule has 0 radical (unpaired) electrons. The van der Waals surface area contributed by atoms with Gasteiger partial charge in [-0.25, -0.2) is 19.3 Å². The number of halogens is 2. The first kappa shape index (κ1) is 21.0. The van der Waals surface area contributed by atoms with Gasteiger partial charge in [-0.1, -0.05) is 11.6 Å². The standard InChI is InChI=1S/C24H23ClFN5O/c1-13-14(2)29-24-23(28-13)19(18-5-4-17(25)9-20(18)26)10-21(30-24)15-6-7-32-22(8-15)16-11-27-31(3)12-16/h4-5,9-12,15,22H,6-8H2,1-3H3/t15-,22+/m0/s1. The van der Waals surface area contributed by atoms with Crippen molar-refractivity contribution in [3.05, 3.63) is 70.1 Å². The number of pyridine rings is 1. The molecule has 4 aromatic rings. The molecule has 1 saturated heterocycles. The van der Waals surface area contributed by atoms with Crippen LogP contribution < -0.4 is 0 Å². The molecule has 1 aliphatic heterocycles. The Balaban J connectivity index is 1.62. The maximum atomic E-state index is 14.9. The van der Waals surface area contributed by atoms with Crippen LogP contribution in [0.25, 0.3) is 22.3 Å². The number of hydrogen-bond acceptors (Lipinski definition) is 5. The van der Waals surface area contributed by atoms with Gasteiger partial charge in [0, 0.05) is 53.2 Å². The fraction of sp³-hybridized carbons (Fsp3) is 0.333. The van der Waals surface area contributed by atoms with Gasteiger partial charge >= 0.3 is 0 Å². The number of aryl methyl sites for hydroxylation is 3. The third-order valence-electron chi connectivity index (χ3n) is 6.09. The Kier molecular flexibility index (Phi) is 5.39. The lowest BCUT2D eigenvalue weighted by Gasteiger charge is -2.29. The molecular formula is C24H23ClFN5O. The van der Waals surface area contributed by atoms with E-state index >= 15 is 0 Å². The van der Waals surface area contributed by atoms with Crippen LogP contribution in [0, 0.1) is 19.7 Å². The van der Waals surface area contributed by atoms with E-state index in [4.69, 9.17) is 26.3 Å². The van der Waals surface area contributed by atoms with Crippen LogP contribution in [0.1, 0.15) is 47.5 Å². The van der Waals surface area contributed by atoms with Crippen LogP contribution in [0.3, 0.4) is 0 Å². The Labute approximate surface area is 190 Å². The molecule has 1 aliphatic rings. The summed E-state index contributed by atoms with van der Waals surface area (Å²) in [5.41, 5.74) is 5.77. The van der Waals surface area contributed by atoms with Crippen molar-refractivity contribution in [2.45, 2.75) is 38.7 Å². The molecule has 6 nitrogen and oxygen atoms in total. The second kappa shape index (κ2) is 8.22. The fourth-order valence-corrected chi connectivity index (χ4v) is 4.41. The average Bonchev–Trinajstić information content (AvgIpc) is 3.21. The summed E-state index contributed by atoms with van der Waals surface area (Å²) >= 11 is 6.00. The molecule has 4 heterocycles. The predicted octanol–water partition coefficient (Wildman–Crippen LogP) is 5.47. The summed E-state index contributed by atoms with van der Waals surface area (Å²) in [5.74, 6) is -0.243. The molecule has 0 N–H and O–H groups in total. The van der Waals surface area contributed by atoms with Gasteiger partial charge in [0.1, 0.15) is 11.3 Å². The number of fused-ring (bicyclic) bond motifs is 1.